The molecule has 0 aromatic heterocycles. The molecule has 2 bridgehead atoms. The van der Waals surface area contributed by atoms with Gasteiger partial charge < -0.3 is 19.7 Å². The van der Waals surface area contributed by atoms with Gasteiger partial charge in [-0.1, -0.05) is 27.4 Å². The molecule has 2 saturated carbocycles. The smallest absolute Gasteiger partial charge is 0.303 e. The fourth-order valence-electron chi connectivity index (χ4n) is 6.31. The molecule has 7 atom stereocenters. The van der Waals surface area contributed by atoms with E-state index in [9.17, 15) is 19.8 Å². The van der Waals surface area contributed by atoms with Gasteiger partial charge >= 0.3 is 11.9 Å². The third-order valence-electron chi connectivity index (χ3n) is 8.09. The Hall–Kier alpha value is -1.66. The molecule has 0 aromatic carbocycles. The maximum Gasteiger partial charge on any atom is 0.303 e. The van der Waals surface area contributed by atoms with Crippen LogP contribution in [0.25, 0.3) is 0 Å². The van der Waals surface area contributed by atoms with E-state index in [1.54, 1.807) is 0 Å². The van der Waals surface area contributed by atoms with Crippen molar-refractivity contribution in [1.29, 1.82) is 0 Å². The van der Waals surface area contributed by atoms with Gasteiger partial charge in [-0.3, -0.25) is 9.59 Å². The molecule has 30 heavy (non-hydrogen) atoms. The minimum absolute atomic E-state index is 0.105. The summed E-state index contributed by atoms with van der Waals surface area (Å²) >= 11 is 0. The highest BCUT2D eigenvalue weighted by Gasteiger charge is 2.59. The standard InChI is InChI=1S/C24H36O6/c1-12-17-10-16-11-19(28)13(2)20(23(16,5)6)21(29-14(3)25)22(30-15(4)26)24(17,7)9-8-18(12)27/h16-19,21-22,27-28H,1,8-11H2,2-7H3/t16-,17+,18-,19-,21+,22-,24+/m0/s1. The van der Waals surface area contributed by atoms with Gasteiger partial charge in [-0.2, -0.15) is 0 Å². The Kier molecular flexibility index (Phi) is 5.98. The fraction of sp³-hybridized carbons (Fsp3) is 0.750. The summed E-state index contributed by atoms with van der Waals surface area (Å²) in [5.41, 5.74) is 1.44. The Morgan fingerprint density at radius 3 is 2.20 bits per heavy atom. The molecule has 6 nitrogen and oxygen atoms in total. The summed E-state index contributed by atoms with van der Waals surface area (Å²) in [7, 11) is 0. The van der Waals surface area contributed by atoms with E-state index in [-0.39, 0.29) is 17.3 Å². The Morgan fingerprint density at radius 2 is 1.63 bits per heavy atom. The lowest BCUT2D eigenvalue weighted by atomic mass is 9.50. The highest BCUT2D eigenvalue weighted by Crippen LogP contribution is 2.59. The SMILES string of the molecule is C=C1[C@H]2C[C@H]3C[C@H](O)C(C)=C([C@@H](OC(C)=O)[C@H](OC(C)=O)[C@]2(C)CC[C@@H]1O)C3(C)C. The lowest BCUT2D eigenvalue weighted by Gasteiger charge is -2.57. The monoisotopic (exact) mass is 420 g/mol. The van der Waals surface area contributed by atoms with E-state index in [0.717, 1.165) is 23.1 Å². The number of fused-ring (bicyclic) bond motifs is 3. The average molecular weight is 421 g/mol. The van der Waals surface area contributed by atoms with Crippen LogP contribution in [0.3, 0.4) is 0 Å². The summed E-state index contributed by atoms with van der Waals surface area (Å²) in [6, 6.07) is 0. The largest absolute Gasteiger partial charge is 0.458 e. The second-order valence-electron chi connectivity index (χ2n) is 10.3. The molecule has 0 amide bonds. The average Bonchev–Trinajstić information content (AvgIpc) is 2.62. The Labute approximate surface area is 179 Å². The first-order valence-corrected chi connectivity index (χ1v) is 10.9. The maximum atomic E-state index is 12.2. The van der Waals surface area contributed by atoms with E-state index >= 15 is 0 Å². The van der Waals surface area contributed by atoms with Gasteiger partial charge in [0, 0.05) is 19.3 Å². The van der Waals surface area contributed by atoms with Crippen molar-refractivity contribution in [3.05, 3.63) is 23.3 Å². The zero-order chi connectivity index (χ0) is 22.6. The van der Waals surface area contributed by atoms with Crippen molar-refractivity contribution in [1.82, 2.24) is 0 Å². The van der Waals surface area contributed by atoms with Crippen LogP contribution in [0.5, 0.6) is 0 Å². The van der Waals surface area contributed by atoms with Crippen LogP contribution in [-0.2, 0) is 19.1 Å². The van der Waals surface area contributed by atoms with E-state index in [1.807, 2.05) is 6.92 Å². The molecular weight excluding hydrogens is 384 g/mol. The number of esters is 2. The third-order valence-corrected chi connectivity index (χ3v) is 8.09. The first-order valence-electron chi connectivity index (χ1n) is 10.9. The minimum Gasteiger partial charge on any atom is -0.458 e. The third kappa shape index (κ3) is 3.62. The van der Waals surface area contributed by atoms with Gasteiger partial charge in [0.15, 0.2) is 6.10 Å². The normalized spacial score (nSPS) is 40.7. The summed E-state index contributed by atoms with van der Waals surface area (Å²) in [6.45, 7) is 15.1. The van der Waals surface area contributed by atoms with Crippen molar-refractivity contribution in [2.24, 2.45) is 22.7 Å². The number of aliphatic hydroxyl groups excluding tert-OH is 2. The summed E-state index contributed by atoms with van der Waals surface area (Å²) in [5, 5.41) is 21.4. The molecule has 3 aliphatic rings. The van der Waals surface area contributed by atoms with Crippen molar-refractivity contribution >= 4 is 11.9 Å². The van der Waals surface area contributed by atoms with Gasteiger partial charge in [-0.15, -0.1) is 0 Å². The second kappa shape index (κ2) is 7.79. The van der Waals surface area contributed by atoms with E-state index < -0.39 is 41.8 Å². The molecule has 0 radical (unpaired) electrons. The van der Waals surface area contributed by atoms with Gasteiger partial charge in [0.25, 0.3) is 0 Å². The fourth-order valence-corrected chi connectivity index (χ4v) is 6.31. The van der Waals surface area contributed by atoms with Gasteiger partial charge in [0.1, 0.15) is 6.10 Å². The van der Waals surface area contributed by atoms with Gasteiger partial charge in [-0.25, -0.2) is 0 Å². The number of ether oxygens (including phenoxy) is 2. The quantitative estimate of drug-likeness (QED) is 0.526. The topological polar surface area (TPSA) is 93.1 Å². The Bertz CT molecular complexity index is 781. The van der Waals surface area contributed by atoms with Crippen LogP contribution >= 0.6 is 0 Å². The summed E-state index contributed by atoms with van der Waals surface area (Å²) in [6.07, 6.45) is -0.332. The maximum absolute atomic E-state index is 12.2. The molecule has 0 unspecified atom stereocenters. The molecule has 168 valence electrons. The number of carbonyl (C=O) groups is 2. The Balaban J connectivity index is 2.28. The van der Waals surface area contributed by atoms with Crippen molar-refractivity contribution in [3.8, 4) is 0 Å². The zero-order valence-electron chi connectivity index (χ0n) is 19.0. The van der Waals surface area contributed by atoms with E-state index in [0.29, 0.717) is 19.3 Å². The summed E-state index contributed by atoms with van der Waals surface area (Å²) in [5.74, 6) is -0.923. The van der Waals surface area contributed by atoms with Crippen LogP contribution < -0.4 is 0 Å². The first kappa shape index (κ1) is 23.0. The zero-order valence-corrected chi connectivity index (χ0v) is 19.0. The molecule has 6 heteroatoms. The van der Waals surface area contributed by atoms with Crippen molar-refractivity contribution < 1.29 is 29.3 Å². The van der Waals surface area contributed by atoms with Crippen LogP contribution in [0.4, 0.5) is 0 Å². The molecular formula is C24H36O6. The van der Waals surface area contributed by atoms with Crippen molar-refractivity contribution in [3.63, 3.8) is 0 Å². The number of hydrogen-bond donors (Lipinski definition) is 2. The molecule has 0 spiro atoms. The van der Waals surface area contributed by atoms with Crippen molar-refractivity contribution in [2.45, 2.75) is 91.6 Å². The van der Waals surface area contributed by atoms with E-state index in [4.69, 9.17) is 9.47 Å². The molecule has 0 aromatic rings. The number of carbonyl (C=O) groups excluding carboxylic acids is 2. The van der Waals surface area contributed by atoms with E-state index in [1.165, 1.54) is 13.8 Å². The molecule has 0 heterocycles. The predicted octanol–water partition coefficient (Wildman–Crippen LogP) is 3.31. The minimum atomic E-state index is -0.797. The molecule has 0 aliphatic heterocycles. The lowest BCUT2D eigenvalue weighted by Crippen LogP contribution is -2.59. The van der Waals surface area contributed by atoms with Crippen LogP contribution in [0.2, 0.25) is 0 Å². The summed E-state index contributed by atoms with van der Waals surface area (Å²) in [4.78, 5) is 24.4. The predicted molar refractivity (Wildman–Crippen MR) is 112 cm³/mol. The van der Waals surface area contributed by atoms with Crippen LogP contribution in [-0.4, -0.2) is 46.6 Å². The van der Waals surface area contributed by atoms with E-state index in [2.05, 4.69) is 27.4 Å². The number of aliphatic hydroxyl groups is 2. The summed E-state index contributed by atoms with van der Waals surface area (Å²) < 4.78 is 11.8. The second-order valence-corrected chi connectivity index (χ2v) is 10.3. The van der Waals surface area contributed by atoms with Crippen LogP contribution in [0.15, 0.2) is 23.3 Å². The van der Waals surface area contributed by atoms with Gasteiger partial charge in [0.05, 0.1) is 12.2 Å². The number of rotatable bonds is 2. The van der Waals surface area contributed by atoms with Crippen LogP contribution in [0, 0.1) is 22.7 Å². The molecule has 3 aliphatic carbocycles. The molecule has 2 fully saturated rings. The highest BCUT2D eigenvalue weighted by molar-refractivity contribution is 5.68. The highest BCUT2D eigenvalue weighted by atomic mass is 16.6. The lowest BCUT2D eigenvalue weighted by molar-refractivity contribution is -0.185. The van der Waals surface area contributed by atoms with Crippen molar-refractivity contribution in [2.75, 3.05) is 0 Å². The molecule has 0 saturated heterocycles. The molecule has 3 rings (SSSR count). The van der Waals surface area contributed by atoms with Crippen LogP contribution in [0.1, 0.15) is 67.2 Å². The van der Waals surface area contributed by atoms with Gasteiger partial charge in [0.2, 0.25) is 0 Å². The molecule has 2 N–H and O–H groups in total. The Morgan fingerprint density at radius 1 is 1.03 bits per heavy atom. The number of hydrogen-bond acceptors (Lipinski definition) is 6. The first-order chi connectivity index (χ1) is 13.8. The van der Waals surface area contributed by atoms with Gasteiger partial charge in [-0.05, 0) is 66.6 Å².